The van der Waals surface area contributed by atoms with Crippen LogP contribution < -0.4 is 5.32 Å². The van der Waals surface area contributed by atoms with Crippen LogP contribution >= 0.6 is 24.0 Å². The van der Waals surface area contributed by atoms with E-state index in [1.165, 1.54) is 36.4 Å². The number of carbonyl (C=O) groups is 3. The lowest BCUT2D eigenvalue weighted by atomic mass is 10.0. The summed E-state index contributed by atoms with van der Waals surface area (Å²) in [4.78, 5) is 45.2. The predicted molar refractivity (Wildman–Crippen MR) is 144 cm³/mol. The standard InChI is InChI=1S/C26H16F6N4O4S2/c27-25(28,29)14-8-13(9-15(10-14)26(30,31)32)18-3-1-2-16(34-18)11-20-22(38)36(24(41)42-20)7-6-21(37)35-17-4-5-19(23(39)40)33-12-17/h1-5,8-12H,6-7H2,(H,35,37)(H,39,40)/b20-11-. The van der Waals surface area contributed by atoms with Crippen molar-refractivity contribution in [2.45, 2.75) is 18.8 Å². The molecule has 0 atom stereocenters. The van der Waals surface area contributed by atoms with Crippen molar-refractivity contribution >= 4 is 57.8 Å². The summed E-state index contributed by atoms with van der Waals surface area (Å²) in [5.74, 6) is -2.31. The van der Waals surface area contributed by atoms with Crippen molar-refractivity contribution in [3.8, 4) is 11.3 Å². The van der Waals surface area contributed by atoms with Crippen molar-refractivity contribution in [3.63, 3.8) is 0 Å². The first-order valence-corrected chi connectivity index (χ1v) is 12.9. The Kier molecular flexibility index (Phi) is 8.68. The average molecular weight is 627 g/mol. The first-order valence-electron chi connectivity index (χ1n) is 11.6. The van der Waals surface area contributed by atoms with Crippen LogP contribution in [0.25, 0.3) is 17.3 Å². The Labute approximate surface area is 242 Å². The van der Waals surface area contributed by atoms with Gasteiger partial charge in [-0.15, -0.1) is 0 Å². The predicted octanol–water partition coefficient (Wildman–Crippen LogP) is 6.11. The highest BCUT2D eigenvalue weighted by atomic mass is 32.2. The van der Waals surface area contributed by atoms with E-state index in [1.54, 1.807) is 0 Å². The number of carboxylic acid groups (broad SMARTS) is 1. The maximum Gasteiger partial charge on any atom is 0.416 e. The Morgan fingerprint density at radius 1 is 1.02 bits per heavy atom. The molecule has 1 saturated heterocycles. The molecule has 42 heavy (non-hydrogen) atoms. The second-order valence-corrected chi connectivity index (χ2v) is 10.3. The third kappa shape index (κ3) is 7.30. The molecule has 2 aromatic heterocycles. The second kappa shape index (κ2) is 11.9. The summed E-state index contributed by atoms with van der Waals surface area (Å²) < 4.78 is 79.8. The van der Waals surface area contributed by atoms with E-state index < -0.39 is 46.8 Å². The quantitative estimate of drug-likeness (QED) is 0.184. The molecule has 0 radical (unpaired) electrons. The molecule has 218 valence electrons. The normalized spacial score (nSPS) is 14.9. The van der Waals surface area contributed by atoms with Crippen molar-refractivity contribution in [1.82, 2.24) is 14.9 Å². The van der Waals surface area contributed by atoms with Crippen LogP contribution in [-0.4, -0.2) is 48.6 Å². The molecule has 1 aromatic carbocycles. The maximum absolute atomic E-state index is 13.3. The van der Waals surface area contributed by atoms with Gasteiger partial charge >= 0.3 is 18.3 Å². The first kappa shape index (κ1) is 30.6. The van der Waals surface area contributed by atoms with Gasteiger partial charge in [0.2, 0.25) is 5.91 Å². The number of rotatable bonds is 7. The summed E-state index contributed by atoms with van der Waals surface area (Å²) >= 11 is 6.11. The van der Waals surface area contributed by atoms with Gasteiger partial charge in [-0.1, -0.05) is 30.0 Å². The van der Waals surface area contributed by atoms with Crippen LogP contribution in [-0.2, 0) is 21.9 Å². The minimum Gasteiger partial charge on any atom is -0.477 e. The third-order valence-electron chi connectivity index (χ3n) is 5.64. The number of alkyl halides is 6. The molecule has 1 aliphatic rings. The number of hydrogen-bond acceptors (Lipinski definition) is 7. The van der Waals surface area contributed by atoms with Crippen LogP contribution in [0.1, 0.15) is 33.7 Å². The van der Waals surface area contributed by atoms with Crippen molar-refractivity contribution in [1.29, 1.82) is 0 Å². The topological polar surface area (TPSA) is 112 Å². The molecule has 0 unspecified atom stereocenters. The van der Waals surface area contributed by atoms with Crippen LogP contribution in [0, 0.1) is 0 Å². The molecule has 3 aromatic rings. The lowest BCUT2D eigenvalue weighted by Gasteiger charge is -2.14. The van der Waals surface area contributed by atoms with Crippen LogP contribution in [0.15, 0.2) is 59.6 Å². The van der Waals surface area contributed by atoms with Gasteiger partial charge in [-0.3, -0.25) is 14.5 Å². The van der Waals surface area contributed by atoms with E-state index in [2.05, 4.69) is 15.3 Å². The van der Waals surface area contributed by atoms with Gasteiger partial charge in [0.1, 0.15) is 10.0 Å². The number of carbonyl (C=O) groups excluding carboxylic acids is 2. The van der Waals surface area contributed by atoms with Gasteiger partial charge in [0, 0.05) is 18.5 Å². The number of aromatic carboxylic acids is 1. The molecule has 0 spiro atoms. The van der Waals surface area contributed by atoms with E-state index in [9.17, 15) is 40.7 Å². The monoisotopic (exact) mass is 626 g/mol. The summed E-state index contributed by atoms with van der Waals surface area (Å²) in [6, 6.07) is 7.70. The Morgan fingerprint density at radius 3 is 2.26 bits per heavy atom. The fourth-order valence-electron chi connectivity index (χ4n) is 3.65. The second-order valence-electron chi connectivity index (χ2n) is 8.61. The van der Waals surface area contributed by atoms with E-state index in [0.717, 1.165) is 22.9 Å². The van der Waals surface area contributed by atoms with Crippen molar-refractivity contribution < 1.29 is 45.8 Å². The fraction of sp³-hybridized carbons (Fsp3) is 0.154. The molecule has 8 nitrogen and oxygen atoms in total. The number of pyridine rings is 2. The highest BCUT2D eigenvalue weighted by Crippen LogP contribution is 2.38. The molecule has 0 saturated carbocycles. The summed E-state index contributed by atoms with van der Waals surface area (Å²) in [6.07, 6.45) is -7.78. The largest absolute Gasteiger partial charge is 0.477 e. The molecular formula is C26H16F6N4O4S2. The summed E-state index contributed by atoms with van der Waals surface area (Å²) in [5.41, 5.74) is -3.47. The number of thiocarbonyl (C=S) groups is 1. The van der Waals surface area contributed by atoms with Gasteiger partial charge in [-0.25, -0.2) is 14.8 Å². The maximum atomic E-state index is 13.3. The van der Waals surface area contributed by atoms with Gasteiger partial charge in [-0.05, 0) is 48.5 Å². The highest BCUT2D eigenvalue weighted by Gasteiger charge is 2.37. The van der Waals surface area contributed by atoms with Crippen molar-refractivity contribution in [3.05, 3.63) is 82.1 Å². The minimum absolute atomic E-state index is 0.0187. The number of aromatic nitrogens is 2. The highest BCUT2D eigenvalue weighted by molar-refractivity contribution is 8.26. The Bertz CT molecular complexity index is 1580. The molecule has 1 aliphatic heterocycles. The van der Waals surface area contributed by atoms with E-state index in [0.29, 0.717) is 12.1 Å². The number of thioether (sulfide) groups is 1. The number of benzene rings is 1. The third-order valence-corrected chi connectivity index (χ3v) is 7.01. The van der Waals surface area contributed by atoms with E-state index in [4.69, 9.17) is 17.3 Å². The lowest BCUT2D eigenvalue weighted by molar-refractivity contribution is -0.143. The number of amides is 2. The molecule has 3 heterocycles. The van der Waals surface area contributed by atoms with Crippen LogP contribution in [0.5, 0.6) is 0 Å². The molecule has 16 heteroatoms. The number of carboxylic acids is 1. The zero-order valence-electron chi connectivity index (χ0n) is 20.8. The zero-order valence-corrected chi connectivity index (χ0v) is 22.4. The molecule has 2 amide bonds. The first-order chi connectivity index (χ1) is 19.6. The number of nitrogens with one attached hydrogen (secondary N) is 1. The molecular weight excluding hydrogens is 610 g/mol. The Hall–Kier alpha value is -4.31. The van der Waals surface area contributed by atoms with Crippen LogP contribution in [0.2, 0.25) is 0 Å². The SMILES string of the molecule is O=C(CCN1C(=O)/C(=C/c2cccc(-c3cc(C(F)(F)F)cc(C(F)(F)F)c3)n2)SC1=S)Nc1ccc(C(=O)O)nc1. The summed E-state index contributed by atoms with van der Waals surface area (Å²) in [6.45, 7) is -0.105. The molecule has 0 bridgehead atoms. The van der Waals surface area contributed by atoms with Gasteiger partial charge in [0.05, 0.1) is 39.3 Å². The molecule has 4 rings (SSSR count). The molecule has 2 N–H and O–H groups in total. The van der Waals surface area contributed by atoms with Crippen LogP contribution in [0.3, 0.4) is 0 Å². The molecule has 1 fully saturated rings. The smallest absolute Gasteiger partial charge is 0.416 e. The van der Waals surface area contributed by atoms with E-state index >= 15 is 0 Å². The number of halogens is 6. The number of nitrogens with zero attached hydrogens (tertiary/aromatic N) is 3. The minimum atomic E-state index is -5.03. The van der Waals surface area contributed by atoms with Crippen molar-refractivity contribution in [2.24, 2.45) is 0 Å². The lowest BCUT2D eigenvalue weighted by Crippen LogP contribution is -2.31. The fourth-order valence-corrected chi connectivity index (χ4v) is 4.95. The number of hydrogen-bond donors (Lipinski definition) is 2. The molecule has 0 aliphatic carbocycles. The average Bonchev–Trinajstić information content (AvgIpc) is 3.18. The van der Waals surface area contributed by atoms with Gasteiger partial charge in [0.25, 0.3) is 5.91 Å². The van der Waals surface area contributed by atoms with Gasteiger partial charge < -0.3 is 10.4 Å². The van der Waals surface area contributed by atoms with E-state index in [-0.39, 0.29) is 51.0 Å². The Balaban J connectivity index is 1.48. The number of anilines is 1. The summed E-state index contributed by atoms with van der Waals surface area (Å²) in [5, 5.41) is 11.4. The van der Waals surface area contributed by atoms with Crippen molar-refractivity contribution in [2.75, 3.05) is 11.9 Å². The zero-order chi connectivity index (χ0) is 30.8. The van der Waals surface area contributed by atoms with E-state index in [1.807, 2.05) is 0 Å². The van der Waals surface area contributed by atoms with Gasteiger partial charge in [-0.2, -0.15) is 26.3 Å². The van der Waals surface area contributed by atoms with Crippen LogP contribution in [0.4, 0.5) is 32.0 Å². The van der Waals surface area contributed by atoms with Gasteiger partial charge in [0.15, 0.2) is 0 Å². The Morgan fingerprint density at radius 2 is 1.69 bits per heavy atom. The summed E-state index contributed by atoms with van der Waals surface area (Å²) in [7, 11) is 0.